The summed E-state index contributed by atoms with van der Waals surface area (Å²) < 4.78 is 7.19. The molecule has 0 spiro atoms. The maximum atomic E-state index is 10.1. The summed E-state index contributed by atoms with van der Waals surface area (Å²) in [7, 11) is 0. The number of aromatic nitrogens is 3. The molecular weight excluding hydrogens is 264 g/mol. The number of aliphatic hydroxyl groups is 3. The largest absolute Gasteiger partial charge is 0.393 e. The normalized spacial score (nSPS) is 33.9. The zero-order valence-electron chi connectivity index (χ0n) is 10.8. The van der Waals surface area contributed by atoms with Crippen LogP contribution in [-0.4, -0.2) is 54.1 Å². The first kappa shape index (κ1) is 13.3. The molecule has 4 atom stereocenters. The smallest absolute Gasteiger partial charge is 0.207 e. The van der Waals surface area contributed by atoms with Crippen LogP contribution < -0.4 is 5.73 Å². The van der Waals surface area contributed by atoms with Gasteiger partial charge in [-0.1, -0.05) is 0 Å². The van der Waals surface area contributed by atoms with Crippen molar-refractivity contribution in [1.82, 2.24) is 14.4 Å². The summed E-state index contributed by atoms with van der Waals surface area (Å²) >= 11 is 0. The summed E-state index contributed by atoms with van der Waals surface area (Å²) in [6, 6.07) is 1.70. The molecule has 0 unspecified atom stereocenters. The number of rotatable bonds is 2. The first-order valence-corrected chi connectivity index (χ1v) is 6.19. The van der Waals surface area contributed by atoms with Crippen LogP contribution in [0.1, 0.15) is 18.6 Å². The fourth-order valence-corrected chi connectivity index (χ4v) is 2.47. The van der Waals surface area contributed by atoms with Gasteiger partial charge in [0.25, 0.3) is 0 Å². The average Bonchev–Trinajstić information content (AvgIpc) is 2.96. The minimum absolute atomic E-state index is 0.263. The Kier molecular flexibility index (Phi) is 2.91. The van der Waals surface area contributed by atoms with Gasteiger partial charge in [-0.15, -0.1) is 0 Å². The Bertz CT molecular complexity index is 645. The molecular formula is C12H16N4O4. The van der Waals surface area contributed by atoms with E-state index in [0.717, 1.165) is 0 Å². The van der Waals surface area contributed by atoms with Crippen molar-refractivity contribution < 1.29 is 20.1 Å². The Morgan fingerprint density at radius 1 is 1.45 bits per heavy atom. The first-order valence-electron chi connectivity index (χ1n) is 6.19. The minimum Gasteiger partial charge on any atom is -0.393 e. The topological polar surface area (TPSA) is 126 Å². The van der Waals surface area contributed by atoms with Crippen molar-refractivity contribution >= 4 is 11.6 Å². The van der Waals surface area contributed by atoms with Crippen molar-refractivity contribution in [3.63, 3.8) is 0 Å². The van der Waals surface area contributed by atoms with Gasteiger partial charge in [0.15, 0.2) is 0 Å². The quantitative estimate of drug-likeness (QED) is 0.547. The van der Waals surface area contributed by atoms with E-state index < -0.39 is 30.5 Å². The van der Waals surface area contributed by atoms with E-state index in [9.17, 15) is 15.3 Å². The third-order valence-electron chi connectivity index (χ3n) is 3.75. The molecule has 8 nitrogen and oxygen atoms in total. The van der Waals surface area contributed by atoms with Crippen molar-refractivity contribution in [2.24, 2.45) is 0 Å². The van der Waals surface area contributed by atoms with Crippen molar-refractivity contribution in [1.29, 1.82) is 0 Å². The lowest BCUT2D eigenvalue weighted by atomic mass is 9.96. The van der Waals surface area contributed by atoms with Crippen LogP contribution in [-0.2, 0) is 4.74 Å². The number of nitrogen functional groups attached to an aromatic ring is 1. The van der Waals surface area contributed by atoms with Crippen LogP contribution in [0.2, 0.25) is 0 Å². The van der Waals surface area contributed by atoms with Gasteiger partial charge in [-0.3, -0.25) is 4.40 Å². The highest BCUT2D eigenvalue weighted by molar-refractivity contribution is 5.48. The molecule has 3 heterocycles. The van der Waals surface area contributed by atoms with E-state index in [2.05, 4.69) is 9.97 Å². The zero-order valence-corrected chi connectivity index (χ0v) is 10.8. The lowest BCUT2D eigenvalue weighted by Gasteiger charge is -2.24. The monoisotopic (exact) mass is 280 g/mol. The van der Waals surface area contributed by atoms with E-state index in [1.165, 1.54) is 6.33 Å². The van der Waals surface area contributed by atoms with Crippen LogP contribution in [0.3, 0.4) is 0 Å². The Morgan fingerprint density at radius 3 is 2.80 bits per heavy atom. The molecule has 108 valence electrons. The van der Waals surface area contributed by atoms with Crippen LogP contribution in [0.15, 0.2) is 18.6 Å². The van der Waals surface area contributed by atoms with E-state index in [1.54, 1.807) is 23.6 Å². The molecule has 2 aromatic rings. The molecule has 0 aromatic carbocycles. The number of nitrogens with zero attached hydrogens (tertiary/aromatic N) is 3. The minimum atomic E-state index is -1.20. The van der Waals surface area contributed by atoms with Crippen LogP contribution in [0.25, 0.3) is 5.65 Å². The van der Waals surface area contributed by atoms with Gasteiger partial charge in [-0.25, -0.2) is 9.97 Å². The molecule has 1 fully saturated rings. The Morgan fingerprint density at radius 2 is 2.20 bits per heavy atom. The van der Waals surface area contributed by atoms with Gasteiger partial charge in [-0.05, 0) is 13.0 Å². The summed E-state index contributed by atoms with van der Waals surface area (Å²) in [5, 5.41) is 29.4. The molecule has 3 rings (SSSR count). The summed E-state index contributed by atoms with van der Waals surface area (Å²) in [6.07, 6.45) is -0.0903. The molecule has 1 aliphatic rings. The highest BCUT2D eigenvalue weighted by Crippen LogP contribution is 2.40. The second-order valence-corrected chi connectivity index (χ2v) is 5.18. The van der Waals surface area contributed by atoms with Gasteiger partial charge in [0.2, 0.25) is 5.95 Å². The molecule has 2 aromatic heterocycles. The standard InChI is InChI=1S/C12H16N4O4/c1-12(4-17)10(19)8(18)9(20-12)6-2-7-14-5-15-11(13)16(7)3-6/h2-3,5,8-10,17-19H,4H2,1H3,(H2,13,14,15)/t8-,9-,10-,12+/m0/s1. The molecule has 5 N–H and O–H groups in total. The van der Waals surface area contributed by atoms with Crippen LogP contribution in [0.4, 0.5) is 5.95 Å². The molecule has 0 aliphatic carbocycles. The van der Waals surface area contributed by atoms with E-state index in [-0.39, 0.29) is 5.95 Å². The number of fused-ring (bicyclic) bond motifs is 1. The lowest BCUT2D eigenvalue weighted by molar-refractivity contribution is -0.0994. The van der Waals surface area contributed by atoms with Gasteiger partial charge in [-0.2, -0.15) is 0 Å². The third-order valence-corrected chi connectivity index (χ3v) is 3.75. The van der Waals surface area contributed by atoms with Gasteiger partial charge in [0, 0.05) is 11.8 Å². The van der Waals surface area contributed by atoms with Gasteiger partial charge >= 0.3 is 0 Å². The summed E-state index contributed by atoms with van der Waals surface area (Å²) in [6.45, 7) is 1.15. The second kappa shape index (κ2) is 4.38. The molecule has 0 radical (unpaired) electrons. The molecule has 8 heteroatoms. The van der Waals surface area contributed by atoms with Gasteiger partial charge in [0.05, 0.1) is 6.61 Å². The fourth-order valence-electron chi connectivity index (χ4n) is 2.47. The Hall–Kier alpha value is -1.74. The van der Waals surface area contributed by atoms with Gasteiger partial charge in [0.1, 0.15) is 35.9 Å². The van der Waals surface area contributed by atoms with Crippen LogP contribution in [0.5, 0.6) is 0 Å². The number of hydrogen-bond donors (Lipinski definition) is 4. The first-order chi connectivity index (χ1) is 9.46. The van der Waals surface area contributed by atoms with Crippen LogP contribution >= 0.6 is 0 Å². The molecule has 1 saturated heterocycles. The number of nitrogens with two attached hydrogens (primary N) is 1. The summed E-state index contributed by atoms with van der Waals surface area (Å²) in [5.74, 6) is 0.263. The van der Waals surface area contributed by atoms with Crippen molar-refractivity contribution in [3.05, 3.63) is 24.2 Å². The number of anilines is 1. The van der Waals surface area contributed by atoms with Gasteiger partial charge < -0.3 is 25.8 Å². The fraction of sp³-hybridized carbons (Fsp3) is 0.500. The molecule has 0 saturated carbocycles. The predicted octanol–water partition coefficient (Wildman–Crippen LogP) is -1.14. The number of aliphatic hydroxyl groups excluding tert-OH is 3. The van der Waals surface area contributed by atoms with Crippen LogP contribution in [0, 0.1) is 0 Å². The molecule has 0 amide bonds. The molecule has 1 aliphatic heterocycles. The SMILES string of the molecule is C[C@]1(CO)O[C@@H](c2cc3ncnc(N)n3c2)[C@H](O)[C@@H]1O. The van der Waals surface area contributed by atoms with Crippen molar-refractivity contribution in [3.8, 4) is 0 Å². The average molecular weight is 280 g/mol. The number of hydrogen-bond acceptors (Lipinski definition) is 7. The zero-order chi connectivity index (χ0) is 14.5. The van der Waals surface area contributed by atoms with E-state index in [4.69, 9.17) is 10.5 Å². The Labute approximate surface area is 114 Å². The third kappa shape index (κ3) is 1.77. The lowest BCUT2D eigenvalue weighted by Crippen LogP contribution is -2.43. The summed E-state index contributed by atoms with van der Waals surface area (Å²) in [4.78, 5) is 7.92. The molecule has 0 bridgehead atoms. The van der Waals surface area contributed by atoms with E-state index in [0.29, 0.717) is 11.2 Å². The van der Waals surface area contributed by atoms with Crippen molar-refractivity contribution in [2.45, 2.75) is 30.8 Å². The maximum Gasteiger partial charge on any atom is 0.207 e. The summed E-state index contributed by atoms with van der Waals surface area (Å²) in [5.41, 5.74) is 5.71. The number of ether oxygens (including phenoxy) is 1. The highest BCUT2D eigenvalue weighted by atomic mass is 16.6. The Balaban J connectivity index is 2.01. The maximum absolute atomic E-state index is 10.1. The highest BCUT2D eigenvalue weighted by Gasteiger charge is 2.51. The predicted molar refractivity (Wildman–Crippen MR) is 68.7 cm³/mol. The molecule has 20 heavy (non-hydrogen) atoms. The van der Waals surface area contributed by atoms with E-state index in [1.807, 2.05) is 0 Å². The van der Waals surface area contributed by atoms with Crippen molar-refractivity contribution in [2.75, 3.05) is 12.3 Å². The van der Waals surface area contributed by atoms with E-state index >= 15 is 0 Å². The second-order valence-electron chi connectivity index (χ2n) is 5.18.